The molecule has 8 heteroatoms. The second-order valence-electron chi connectivity index (χ2n) is 7.34. The Morgan fingerprint density at radius 1 is 1.24 bits per heavy atom. The van der Waals surface area contributed by atoms with E-state index in [0.29, 0.717) is 45.1 Å². The number of hydrogen-bond donors (Lipinski definition) is 1. The molecule has 2 aliphatic rings. The Morgan fingerprint density at radius 2 is 1.97 bits per heavy atom. The van der Waals surface area contributed by atoms with Crippen LogP contribution < -0.4 is 15.4 Å². The van der Waals surface area contributed by atoms with Crippen LogP contribution in [-0.4, -0.2) is 62.2 Å². The molecule has 2 heterocycles. The fourth-order valence-electron chi connectivity index (χ4n) is 3.90. The first kappa shape index (κ1) is 23.4. The minimum Gasteiger partial charge on any atom is -0.492 e. The van der Waals surface area contributed by atoms with E-state index in [-0.39, 0.29) is 42.7 Å². The first-order valence-corrected chi connectivity index (χ1v) is 10.3. The first-order chi connectivity index (χ1) is 13.6. The summed E-state index contributed by atoms with van der Waals surface area (Å²) in [6.45, 7) is 5.55. The van der Waals surface area contributed by atoms with Gasteiger partial charge < -0.3 is 25.0 Å². The van der Waals surface area contributed by atoms with E-state index in [4.69, 9.17) is 15.2 Å². The van der Waals surface area contributed by atoms with E-state index in [0.717, 1.165) is 24.9 Å². The minimum atomic E-state index is -0.295. The Bertz CT molecular complexity index is 680. The lowest BCUT2D eigenvalue weighted by molar-refractivity contribution is -0.138. The average molecular weight is 426 g/mol. The zero-order chi connectivity index (χ0) is 19.9. The number of carbonyl (C=O) groups excluding carboxylic acids is 2. The van der Waals surface area contributed by atoms with Crippen molar-refractivity contribution in [3.63, 3.8) is 0 Å². The van der Waals surface area contributed by atoms with Gasteiger partial charge in [0.25, 0.3) is 0 Å². The maximum absolute atomic E-state index is 13.0. The van der Waals surface area contributed by atoms with Gasteiger partial charge in [-0.15, -0.1) is 12.4 Å². The molecule has 1 aromatic carbocycles. The number of ether oxygens (including phenoxy) is 2. The summed E-state index contributed by atoms with van der Waals surface area (Å²) in [5, 5.41) is 0. The van der Waals surface area contributed by atoms with Gasteiger partial charge in [-0.25, -0.2) is 0 Å². The molecule has 2 N–H and O–H groups in total. The molecule has 1 unspecified atom stereocenters. The van der Waals surface area contributed by atoms with Crippen molar-refractivity contribution < 1.29 is 19.1 Å². The summed E-state index contributed by atoms with van der Waals surface area (Å²) >= 11 is 0. The number of carbonyl (C=O) groups is 2. The van der Waals surface area contributed by atoms with Gasteiger partial charge in [0, 0.05) is 32.7 Å². The van der Waals surface area contributed by atoms with Crippen molar-refractivity contribution in [3.8, 4) is 5.75 Å². The van der Waals surface area contributed by atoms with Crippen LogP contribution in [0.25, 0.3) is 0 Å². The molecule has 1 atom stereocenters. The van der Waals surface area contributed by atoms with Gasteiger partial charge >= 0.3 is 0 Å². The van der Waals surface area contributed by atoms with Gasteiger partial charge in [0.15, 0.2) is 0 Å². The monoisotopic (exact) mass is 425 g/mol. The minimum absolute atomic E-state index is 0. The molecule has 2 saturated heterocycles. The quantitative estimate of drug-likeness (QED) is 0.645. The third-order valence-corrected chi connectivity index (χ3v) is 5.39. The van der Waals surface area contributed by atoms with Crippen LogP contribution in [0, 0.1) is 5.92 Å². The molecule has 7 nitrogen and oxygen atoms in total. The molecule has 162 valence electrons. The molecule has 2 amide bonds. The topological polar surface area (TPSA) is 85.1 Å². The molecule has 0 bridgehead atoms. The molecule has 0 aromatic heterocycles. The molecule has 0 saturated carbocycles. The third-order valence-electron chi connectivity index (χ3n) is 5.39. The number of benzene rings is 1. The van der Waals surface area contributed by atoms with Gasteiger partial charge in [-0.1, -0.05) is 12.1 Å². The first-order valence-electron chi connectivity index (χ1n) is 10.3. The van der Waals surface area contributed by atoms with Crippen LogP contribution >= 0.6 is 12.4 Å². The van der Waals surface area contributed by atoms with Crippen molar-refractivity contribution >= 4 is 29.9 Å². The van der Waals surface area contributed by atoms with Crippen molar-refractivity contribution in [1.82, 2.24) is 4.90 Å². The normalized spacial score (nSPS) is 19.9. The van der Waals surface area contributed by atoms with Gasteiger partial charge in [-0.3, -0.25) is 9.59 Å². The van der Waals surface area contributed by atoms with E-state index >= 15 is 0 Å². The van der Waals surface area contributed by atoms with E-state index < -0.39 is 0 Å². The third kappa shape index (κ3) is 5.84. The predicted octanol–water partition coefficient (Wildman–Crippen LogP) is 2.22. The molecule has 0 spiro atoms. The molecule has 1 aromatic rings. The highest BCUT2D eigenvalue weighted by atomic mass is 35.5. The van der Waals surface area contributed by atoms with Gasteiger partial charge in [0.2, 0.25) is 11.8 Å². The Balaban J connectivity index is 0.00000300. The highest BCUT2D eigenvalue weighted by molar-refractivity contribution is 6.01. The van der Waals surface area contributed by atoms with Crippen LogP contribution in [0.2, 0.25) is 0 Å². The van der Waals surface area contributed by atoms with Crippen molar-refractivity contribution in [3.05, 3.63) is 24.3 Å². The number of hydrogen-bond acceptors (Lipinski definition) is 5. The van der Waals surface area contributed by atoms with Gasteiger partial charge in [0.1, 0.15) is 5.75 Å². The van der Waals surface area contributed by atoms with Crippen LogP contribution in [0.3, 0.4) is 0 Å². The van der Waals surface area contributed by atoms with E-state index in [2.05, 4.69) is 0 Å². The SMILES string of the molecule is CCOc1ccccc1N1CC(C(=O)N2CCC(OCCCN)CC2)CC1=O.Cl. The highest BCUT2D eigenvalue weighted by Crippen LogP contribution is 2.33. The van der Waals surface area contributed by atoms with Gasteiger partial charge in [0.05, 0.1) is 24.3 Å². The van der Waals surface area contributed by atoms with Crippen molar-refractivity contribution in [2.45, 2.75) is 38.7 Å². The van der Waals surface area contributed by atoms with Crippen molar-refractivity contribution in [2.24, 2.45) is 11.7 Å². The molecular weight excluding hydrogens is 394 g/mol. The molecule has 2 aliphatic heterocycles. The van der Waals surface area contributed by atoms with Gasteiger partial charge in [-0.05, 0) is 44.9 Å². The lowest BCUT2D eigenvalue weighted by atomic mass is 10.0. The molecule has 0 radical (unpaired) electrons. The molecule has 2 fully saturated rings. The van der Waals surface area contributed by atoms with E-state index in [1.54, 1.807) is 4.90 Å². The number of rotatable bonds is 8. The number of para-hydroxylation sites is 2. The zero-order valence-electron chi connectivity index (χ0n) is 17.0. The highest BCUT2D eigenvalue weighted by Gasteiger charge is 2.39. The summed E-state index contributed by atoms with van der Waals surface area (Å²) < 4.78 is 11.5. The van der Waals surface area contributed by atoms with Crippen molar-refractivity contribution in [2.75, 3.05) is 44.3 Å². The fourth-order valence-corrected chi connectivity index (χ4v) is 3.90. The summed E-state index contributed by atoms with van der Waals surface area (Å²) in [5.41, 5.74) is 6.24. The summed E-state index contributed by atoms with van der Waals surface area (Å²) in [4.78, 5) is 29.1. The second kappa shape index (κ2) is 11.4. The summed E-state index contributed by atoms with van der Waals surface area (Å²) in [7, 11) is 0. The number of nitrogens with zero attached hydrogens (tertiary/aromatic N) is 2. The maximum Gasteiger partial charge on any atom is 0.228 e. The molecule has 3 rings (SSSR count). The number of anilines is 1. The Hall–Kier alpha value is -1.83. The number of amides is 2. The lowest BCUT2D eigenvalue weighted by Gasteiger charge is -2.33. The van der Waals surface area contributed by atoms with Crippen LogP contribution in [0.15, 0.2) is 24.3 Å². The smallest absolute Gasteiger partial charge is 0.228 e. The van der Waals surface area contributed by atoms with Crippen LogP contribution in [0.1, 0.15) is 32.6 Å². The van der Waals surface area contributed by atoms with Gasteiger partial charge in [-0.2, -0.15) is 0 Å². The Labute approximate surface area is 178 Å². The number of piperidine rings is 1. The van der Waals surface area contributed by atoms with Crippen LogP contribution in [0.5, 0.6) is 5.75 Å². The standard InChI is InChI=1S/C21H31N3O4.ClH/c1-2-27-19-7-4-3-6-18(19)24-15-16(14-20(24)25)21(26)23-11-8-17(9-12-23)28-13-5-10-22;/h3-4,6-7,16-17H,2,5,8-15,22H2,1H3;1H. The van der Waals surface area contributed by atoms with Crippen LogP contribution in [0.4, 0.5) is 5.69 Å². The van der Waals surface area contributed by atoms with Crippen LogP contribution in [-0.2, 0) is 14.3 Å². The largest absolute Gasteiger partial charge is 0.492 e. The zero-order valence-corrected chi connectivity index (χ0v) is 17.9. The fraction of sp³-hybridized carbons (Fsp3) is 0.619. The second-order valence-corrected chi connectivity index (χ2v) is 7.34. The Kier molecular flexibility index (Phi) is 9.20. The maximum atomic E-state index is 13.0. The molecule has 0 aliphatic carbocycles. The lowest BCUT2D eigenvalue weighted by Crippen LogP contribution is -2.44. The molecule has 29 heavy (non-hydrogen) atoms. The Morgan fingerprint density at radius 3 is 2.66 bits per heavy atom. The number of halogens is 1. The summed E-state index contributed by atoms with van der Waals surface area (Å²) in [5.74, 6) is 0.439. The predicted molar refractivity (Wildman–Crippen MR) is 115 cm³/mol. The number of likely N-dealkylation sites (tertiary alicyclic amines) is 1. The molecular formula is C21H32ClN3O4. The van der Waals surface area contributed by atoms with Crippen molar-refractivity contribution in [1.29, 1.82) is 0 Å². The van der Waals surface area contributed by atoms with E-state index in [1.165, 1.54) is 0 Å². The van der Waals surface area contributed by atoms with E-state index in [1.807, 2.05) is 36.1 Å². The summed E-state index contributed by atoms with van der Waals surface area (Å²) in [6, 6.07) is 7.50. The summed E-state index contributed by atoms with van der Waals surface area (Å²) in [6.07, 6.45) is 3.01. The number of nitrogens with two attached hydrogens (primary N) is 1. The van der Waals surface area contributed by atoms with E-state index in [9.17, 15) is 9.59 Å². The average Bonchev–Trinajstić information content (AvgIpc) is 3.10.